The second-order valence-electron chi connectivity index (χ2n) is 5.26. The van der Waals surface area contributed by atoms with Crippen LogP contribution in [0, 0.1) is 5.92 Å². The van der Waals surface area contributed by atoms with Crippen molar-refractivity contribution in [3.8, 4) is 0 Å². The maximum atomic E-state index is 11.4. The average molecular weight is 262 g/mol. The molecule has 2 heterocycles. The normalized spacial score (nSPS) is 26.0. The van der Waals surface area contributed by atoms with Crippen molar-refractivity contribution in [1.82, 2.24) is 9.88 Å². The van der Waals surface area contributed by atoms with E-state index in [2.05, 4.69) is 16.8 Å². The fraction of sp³-hybridized carbons (Fsp3) is 0.571. The van der Waals surface area contributed by atoms with Crippen LogP contribution in [-0.4, -0.2) is 34.9 Å². The minimum absolute atomic E-state index is 0.0677. The van der Waals surface area contributed by atoms with E-state index in [1.54, 1.807) is 6.20 Å². The Balaban J connectivity index is 2.18. The first-order valence-electron chi connectivity index (χ1n) is 6.78. The van der Waals surface area contributed by atoms with Gasteiger partial charge in [0.25, 0.3) is 0 Å². The smallest absolute Gasteiger partial charge is 0.221 e. The number of primary amides is 1. The highest BCUT2D eigenvalue weighted by Gasteiger charge is 2.33. The summed E-state index contributed by atoms with van der Waals surface area (Å²) in [7, 11) is 0. The number of aromatic nitrogens is 1. The van der Waals surface area contributed by atoms with Crippen LogP contribution in [0.5, 0.6) is 0 Å². The number of carbonyl (C=O) groups excluding carboxylic acids is 1. The second kappa shape index (κ2) is 6.12. The topological polar surface area (TPSA) is 85.2 Å². The minimum Gasteiger partial charge on any atom is -0.369 e. The van der Waals surface area contributed by atoms with Crippen LogP contribution < -0.4 is 11.5 Å². The van der Waals surface area contributed by atoms with E-state index in [9.17, 15) is 4.79 Å². The van der Waals surface area contributed by atoms with Crippen LogP contribution in [-0.2, 0) is 4.79 Å². The zero-order valence-electron chi connectivity index (χ0n) is 11.3. The molecule has 0 radical (unpaired) electrons. The molecule has 5 nitrogen and oxygen atoms in total. The third-order valence-corrected chi connectivity index (χ3v) is 4.03. The first-order valence-corrected chi connectivity index (χ1v) is 6.78. The lowest BCUT2D eigenvalue weighted by molar-refractivity contribution is -0.124. The molecule has 1 fully saturated rings. The maximum Gasteiger partial charge on any atom is 0.221 e. The number of hydrogen-bond acceptors (Lipinski definition) is 4. The van der Waals surface area contributed by atoms with Crippen molar-refractivity contribution in [3.05, 3.63) is 30.1 Å². The molecule has 0 saturated carbocycles. The number of nitrogens with zero attached hydrogens (tertiary/aromatic N) is 2. The van der Waals surface area contributed by atoms with Crippen LogP contribution in [0.2, 0.25) is 0 Å². The van der Waals surface area contributed by atoms with E-state index >= 15 is 0 Å². The van der Waals surface area contributed by atoms with Crippen molar-refractivity contribution in [2.45, 2.75) is 31.8 Å². The Bertz CT molecular complexity index is 423. The standard InChI is InChI=1S/C14H22N4O/c1-10-4-5-12(14(16)19)9-18(10)13(7-15)11-3-2-6-17-8-11/h2-3,6,8,10,12-13H,4-5,7,9,15H2,1H3,(H2,16,19). The van der Waals surface area contributed by atoms with E-state index < -0.39 is 0 Å². The Labute approximate surface area is 114 Å². The van der Waals surface area contributed by atoms with Gasteiger partial charge in [0, 0.05) is 37.6 Å². The molecule has 1 aromatic heterocycles. The quantitative estimate of drug-likeness (QED) is 0.835. The van der Waals surface area contributed by atoms with Gasteiger partial charge < -0.3 is 11.5 Å². The summed E-state index contributed by atoms with van der Waals surface area (Å²) in [5, 5.41) is 0. The Morgan fingerprint density at radius 3 is 2.95 bits per heavy atom. The van der Waals surface area contributed by atoms with E-state index in [0.29, 0.717) is 19.1 Å². The number of amides is 1. The number of hydrogen-bond donors (Lipinski definition) is 2. The molecule has 1 aliphatic rings. The van der Waals surface area contributed by atoms with Gasteiger partial charge in [0.2, 0.25) is 5.91 Å². The lowest BCUT2D eigenvalue weighted by Crippen LogP contribution is -2.49. The summed E-state index contributed by atoms with van der Waals surface area (Å²) < 4.78 is 0. The number of carbonyl (C=O) groups is 1. The molecule has 0 aromatic carbocycles. The predicted molar refractivity (Wildman–Crippen MR) is 74.1 cm³/mol. The molecule has 1 amide bonds. The number of pyridine rings is 1. The summed E-state index contributed by atoms with van der Waals surface area (Å²) in [5.41, 5.74) is 12.5. The van der Waals surface area contributed by atoms with Crippen molar-refractivity contribution in [2.75, 3.05) is 13.1 Å². The third kappa shape index (κ3) is 3.11. The van der Waals surface area contributed by atoms with Gasteiger partial charge in [0.15, 0.2) is 0 Å². The van der Waals surface area contributed by atoms with E-state index in [1.807, 2.05) is 18.3 Å². The number of likely N-dealkylation sites (tertiary alicyclic amines) is 1. The van der Waals surface area contributed by atoms with Crippen LogP contribution in [0.15, 0.2) is 24.5 Å². The number of rotatable bonds is 4. The van der Waals surface area contributed by atoms with Gasteiger partial charge in [-0.05, 0) is 31.4 Å². The number of piperidine rings is 1. The van der Waals surface area contributed by atoms with Gasteiger partial charge >= 0.3 is 0 Å². The summed E-state index contributed by atoms with van der Waals surface area (Å²) >= 11 is 0. The van der Waals surface area contributed by atoms with Gasteiger partial charge in [0.05, 0.1) is 5.92 Å². The molecular formula is C14H22N4O. The van der Waals surface area contributed by atoms with Crippen molar-refractivity contribution >= 4 is 5.91 Å². The van der Waals surface area contributed by atoms with Gasteiger partial charge in [0.1, 0.15) is 0 Å². The Morgan fingerprint density at radius 2 is 2.37 bits per heavy atom. The summed E-state index contributed by atoms with van der Waals surface area (Å²) in [5.74, 6) is -0.277. The summed E-state index contributed by atoms with van der Waals surface area (Å²) in [6.45, 7) is 3.38. The van der Waals surface area contributed by atoms with E-state index in [4.69, 9.17) is 11.5 Å². The second-order valence-corrected chi connectivity index (χ2v) is 5.26. The molecule has 1 aliphatic heterocycles. The van der Waals surface area contributed by atoms with Gasteiger partial charge in [-0.25, -0.2) is 0 Å². The average Bonchev–Trinajstić information content (AvgIpc) is 2.42. The summed E-state index contributed by atoms with van der Waals surface area (Å²) in [6.07, 6.45) is 5.45. The van der Waals surface area contributed by atoms with Crippen LogP contribution >= 0.6 is 0 Å². The highest BCUT2D eigenvalue weighted by atomic mass is 16.1. The maximum absolute atomic E-state index is 11.4. The van der Waals surface area contributed by atoms with Gasteiger partial charge in [-0.2, -0.15) is 0 Å². The van der Waals surface area contributed by atoms with Crippen molar-refractivity contribution in [3.63, 3.8) is 0 Å². The molecule has 1 aromatic rings. The van der Waals surface area contributed by atoms with Crippen molar-refractivity contribution < 1.29 is 4.79 Å². The molecule has 1 saturated heterocycles. The van der Waals surface area contributed by atoms with E-state index in [-0.39, 0.29) is 17.9 Å². The summed E-state index contributed by atoms with van der Waals surface area (Å²) in [4.78, 5) is 17.8. The van der Waals surface area contributed by atoms with Gasteiger partial charge in [-0.1, -0.05) is 6.07 Å². The van der Waals surface area contributed by atoms with Crippen LogP contribution in [0.4, 0.5) is 0 Å². The predicted octanol–water partition coefficient (Wildman–Crippen LogP) is 0.667. The Morgan fingerprint density at radius 1 is 1.58 bits per heavy atom. The van der Waals surface area contributed by atoms with Crippen LogP contribution in [0.1, 0.15) is 31.4 Å². The fourth-order valence-electron chi connectivity index (χ4n) is 2.84. The Hall–Kier alpha value is -1.46. The molecule has 2 rings (SSSR count). The minimum atomic E-state index is -0.209. The molecule has 0 spiro atoms. The molecule has 3 unspecified atom stereocenters. The molecule has 0 bridgehead atoms. The van der Waals surface area contributed by atoms with Gasteiger partial charge in [-0.3, -0.25) is 14.7 Å². The van der Waals surface area contributed by atoms with Crippen molar-refractivity contribution in [1.29, 1.82) is 0 Å². The van der Waals surface area contributed by atoms with Gasteiger partial charge in [-0.15, -0.1) is 0 Å². The zero-order chi connectivity index (χ0) is 13.8. The number of nitrogens with two attached hydrogens (primary N) is 2. The van der Waals surface area contributed by atoms with E-state index in [1.165, 1.54) is 0 Å². The SMILES string of the molecule is CC1CCC(C(N)=O)CN1C(CN)c1cccnc1. The molecular weight excluding hydrogens is 240 g/mol. The third-order valence-electron chi connectivity index (χ3n) is 4.03. The molecule has 5 heteroatoms. The first-order chi connectivity index (χ1) is 9.13. The fourth-order valence-corrected chi connectivity index (χ4v) is 2.84. The lowest BCUT2D eigenvalue weighted by atomic mass is 9.90. The Kier molecular flexibility index (Phi) is 4.50. The lowest BCUT2D eigenvalue weighted by Gasteiger charge is -2.41. The monoisotopic (exact) mass is 262 g/mol. The molecule has 0 aliphatic carbocycles. The highest BCUT2D eigenvalue weighted by molar-refractivity contribution is 5.77. The van der Waals surface area contributed by atoms with Crippen molar-refractivity contribution in [2.24, 2.45) is 17.4 Å². The van der Waals surface area contributed by atoms with E-state index in [0.717, 1.165) is 18.4 Å². The first kappa shape index (κ1) is 14.0. The molecule has 3 atom stereocenters. The molecule has 4 N–H and O–H groups in total. The molecule has 104 valence electrons. The summed E-state index contributed by atoms with van der Waals surface area (Å²) in [6, 6.07) is 4.46. The zero-order valence-corrected chi connectivity index (χ0v) is 11.3. The highest BCUT2D eigenvalue weighted by Crippen LogP contribution is 2.29. The largest absolute Gasteiger partial charge is 0.369 e. The molecule has 19 heavy (non-hydrogen) atoms. The van der Waals surface area contributed by atoms with Crippen LogP contribution in [0.3, 0.4) is 0 Å². The van der Waals surface area contributed by atoms with Crippen LogP contribution in [0.25, 0.3) is 0 Å².